The van der Waals surface area contributed by atoms with Crippen molar-refractivity contribution in [3.8, 4) is 11.6 Å². The molecule has 0 saturated heterocycles. The summed E-state index contributed by atoms with van der Waals surface area (Å²) in [5.41, 5.74) is 1.92. The van der Waals surface area contributed by atoms with Gasteiger partial charge in [-0.1, -0.05) is 13.0 Å². The number of hydrogen-bond donors (Lipinski definition) is 1. The lowest BCUT2D eigenvalue weighted by Crippen LogP contribution is -2.26. The molecule has 114 valence electrons. The minimum Gasteiger partial charge on any atom is -0.493 e. The second-order valence-electron chi connectivity index (χ2n) is 4.71. The van der Waals surface area contributed by atoms with E-state index in [1.807, 2.05) is 23.9 Å². The Labute approximate surface area is 125 Å². The van der Waals surface area contributed by atoms with Crippen LogP contribution in [0.1, 0.15) is 30.6 Å². The number of aromatic nitrogens is 3. The van der Waals surface area contributed by atoms with Crippen LogP contribution in [0, 0.1) is 0 Å². The number of nitrogens with zero attached hydrogens (tertiary/aromatic N) is 3. The highest BCUT2D eigenvalue weighted by Crippen LogP contribution is 2.33. The molecule has 2 rings (SSSR count). The van der Waals surface area contributed by atoms with Crippen LogP contribution >= 0.6 is 0 Å². The zero-order valence-electron chi connectivity index (χ0n) is 13.0. The topological polar surface area (TPSA) is 61.2 Å². The molecule has 2 heterocycles. The number of hydrogen-bond acceptors (Lipinski definition) is 5. The molecular formula is C15H22N4O2. The van der Waals surface area contributed by atoms with Crippen molar-refractivity contribution in [2.24, 2.45) is 7.05 Å². The van der Waals surface area contributed by atoms with Crippen LogP contribution in [0.3, 0.4) is 0 Å². The van der Waals surface area contributed by atoms with Gasteiger partial charge in [0.1, 0.15) is 5.69 Å². The largest absolute Gasteiger partial charge is 0.493 e. The van der Waals surface area contributed by atoms with E-state index in [4.69, 9.17) is 9.47 Å². The van der Waals surface area contributed by atoms with E-state index in [9.17, 15) is 0 Å². The van der Waals surface area contributed by atoms with E-state index < -0.39 is 0 Å². The number of rotatable bonds is 7. The molecule has 0 aromatic carbocycles. The van der Waals surface area contributed by atoms with E-state index in [1.165, 1.54) is 0 Å². The van der Waals surface area contributed by atoms with Crippen molar-refractivity contribution >= 4 is 0 Å². The molecule has 0 bridgehead atoms. The van der Waals surface area contributed by atoms with E-state index in [0.29, 0.717) is 5.88 Å². The molecular weight excluding hydrogens is 268 g/mol. The van der Waals surface area contributed by atoms with Crippen LogP contribution in [0.25, 0.3) is 0 Å². The Morgan fingerprint density at radius 2 is 2.14 bits per heavy atom. The zero-order valence-corrected chi connectivity index (χ0v) is 13.0. The fourth-order valence-electron chi connectivity index (χ4n) is 2.35. The molecule has 0 fully saturated rings. The normalized spacial score (nSPS) is 12.2. The molecule has 6 heteroatoms. The van der Waals surface area contributed by atoms with Crippen LogP contribution in [-0.2, 0) is 7.05 Å². The fourth-order valence-corrected chi connectivity index (χ4v) is 2.35. The maximum absolute atomic E-state index is 5.44. The smallest absolute Gasteiger partial charge is 0.218 e. The lowest BCUT2D eigenvalue weighted by molar-refractivity contribution is 0.379. The summed E-state index contributed by atoms with van der Waals surface area (Å²) in [6.45, 7) is 3.00. The second kappa shape index (κ2) is 7.08. The molecule has 6 nitrogen and oxygen atoms in total. The lowest BCUT2D eigenvalue weighted by atomic mass is 10.0. The van der Waals surface area contributed by atoms with Crippen LogP contribution in [0.4, 0.5) is 0 Å². The van der Waals surface area contributed by atoms with E-state index >= 15 is 0 Å². The van der Waals surface area contributed by atoms with Crippen LogP contribution in [0.2, 0.25) is 0 Å². The molecule has 0 saturated carbocycles. The van der Waals surface area contributed by atoms with Gasteiger partial charge in [0.15, 0.2) is 5.75 Å². The fraction of sp³-hybridized carbons (Fsp3) is 0.467. The lowest BCUT2D eigenvalue weighted by Gasteiger charge is -2.21. The van der Waals surface area contributed by atoms with E-state index in [1.54, 1.807) is 26.6 Å². The number of ether oxygens (including phenoxy) is 2. The molecule has 1 unspecified atom stereocenters. The summed E-state index contributed by atoms with van der Waals surface area (Å²) in [4.78, 5) is 4.29. The summed E-state index contributed by atoms with van der Waals surface area (Å²) in [7, 11) is 5.18. The molecule has 0 spiro atoms. The molecule has 0 aliphatic rings. The Morgan fingerprint density at radius 3 is 2.81 bits per heavy atom. The average molecular weight is 290 g/mol. The minimum atomic E-state index is -0.0870. The van der Waals surface area contributed by atoms with Gasteiger partial charge in [0.2, 0.25) is 5.88 Å². The highest BCUT2D eigenvalue weighted by molar-refractivity contribution is 5.40. The van der Waals surface area contributed by atoms with Crippen molar-refractivity contribution in [3.63, 3.8) is 0 Å². The van der Waals surface area contributed by atoms with Crippen LogP contribution in [0.15, 0.2) is 24.5 Å². The van der Waals surface area contributed by atoms with Crippen LogP contribution in [-0.4, -0.2) is 35.5 Å². The highest BCUT2D eigenvalue weighted by atomic mass is 16.5. The molecule has 0 amide bonds. The monoisotopic (exact) mass is 290 g/mol. The summed E-state index contributed by atoms with van der Waals surface area (Å²) in [5.74, 6) is 1.35. The van der Waals surface area contributed by atoms with Gasteiger partial charge in [-0.05, 0) is 19.0 Å². The predicted octanol–water partition coefficient (Wildman–Crippen LogP) is 1.92. The SMILES string of the molecule is CCCNC(c1cccnc1OC)c1c(OC)cnn1C. The van der Waals surface area contributed by atoms with Crippen molar-refractivity contribution in [2.45, 2.75) is 19.4 Å². The third-order valence-corrected chi connectivity index (χ3v) is 3.35. The van der Waals surface area contributed by atoms with Crippen LogP contribution in [0.5, 0.6) is 11.6 Å². The molecule has 0 aliphatic carbocycles. The van der Waals surface area contributed by atoms with Crippen molar-refractivity contribution < 1.29 is 9.47 Å². The molecule has 1 atom stereocenters. The first kappa shape index (κ1) is 15.3. The number of nitrogens with one attached hydrogen (secondary N) is 1. The van der Waals surface area contributed by atoms with Gasteiger partial charge in [-0.2, -0.15) is 5.10 Å². The van der Waals surface area contributed by atoms with Gasteiger partial charge in [-0.15, -0.1) is 0 Å². The third-order valence-electron chi connectivity index (χ3n) is 3.35. The summed E-state index contributed by atoms with van der Waals surface area (Å²) in [6.07, 6.45) is 4.47. The molecule has 2 aromatic heterocycles. The Balaban J connectivity index is 2.50. The first-order valence-electron chi connectivity index (χ1n) is 7.01. The Bertz CT molecular complexity index is 583. The van der Waals surface area contributed by atoms with Crippen LogP contribution < -0.4 is 14.8 Å². The van der Waals surface area contributed by atoms with Gasteiger partial charge in [-0.25, -0.2) is 4.98 Å². The molecule has 0 aliphatic heterocycles. The minimum absolute atomic E-state index is 0.0870. The average Bonchev–Trinajstić information content (AvgIpc) is 2.89. The Kier molecular flexibility index (Phi) is 5.16. The van der Waals surface area contributed by atoms with E-state index in [-0.39, 0.29) is 6.04 Å². The van der Waals surface area contributed by atoms with Crippen molar-refractivity contribution in [1.29, 1.82) is 0 Å². The van der Waals surface area contributed by atoms with Gasteiger partial charge in [-0.3, -0.25) is 4.68 Å². The number of pyridine rings is 1. The third kappa shape index (κ3) is 3.16. The van der Waals surface area contributed by atoms with Gasteiger partial charge < -0.3 is 14.8 Å². The molecule has 1 N–H and O–H groups in total. The summed E-state index contributed by atoms with van der Waals surface area (Å²) in [5, 5.41) is 7.81. The van der Waals surface area contributed by atoms with Crippen molar-refractivity contribution in [1.82, 2.24) is 20.1 Å². The number of aryl methyl sites for hydroxylation is 1. The zero-order chi connectivity index (χ0) is 15.2. The first-order valence-corrected chi connectivity index (χ1v) is 7.01. The molecule has 2 aromatic rings. The van der Waals surface area contributed by atoms with Crippen molar-refractivity contribution in [2.75, 3.05) is 20.8 Å². The van der Waals surface area contributed by atoms with Crippen molar-refractivity contribution in [3.05, 3.63) is 35.8 Å². The van der Waals surface area contributed by atoms with Gasteiger partial charge in [0, 0.05) is 18.8 Å². The van der Waals surface area contributed by atoms with E-state index in [2.05, 4.69) is 22.3 Å². The summed E-state index contributed by atoms with van der Waals surface area (Å²) < 4.78 is 12.7. The maximum atomic E-state index is 5.44. The first-order chi connectivity index (χ1) is 10.2. The quantitative estimate of drug-likeness (QED) is 0.844. The number of methoxy groups -OCH3 is 2. The standard InChI is InChI=1S/C15H22N4O2/c1-5-8-16-13(11-7-6-9-17-15(11)21-4)14-12(20-3)10-18-19(14)2/h6-7,9-10,13,16H,5,8H2,1-4H3. The molecule has 0 radical (unpaired) electrons. The Morgan fingerprint density at radius 1 is 1.33 bits per heavy atom. The predicted molar refractivity (Wildman–Crippen MR) is 80.7 cm³/mol. The van der Waals surface area contributed by atoms with Gasteiger partial charge in [0.05, 0.1) is 26.5 Å². The van der Waals surface area contributed by atoms with Gasteiger partial charge >= 0.3 is 0 Å². The van der Waals surface area contributed by atoms with Gasteiger partial charge in [0.25, 0.3) is 0 Å². The summed E-state index contributed by atoms with van der Waals surface area (Å²) in [6, 6.07) is 3.82. The highest BCUT2D eigenvalue weighted by Gasteiger charge is 2.25. The molecule has 21 heavy (non-hydrogen) atoms. The van der Waals surface area contributed by atoms with E-state index in [0.717, 1.165) is 30.0 Å². The summed E-state index contributed by atoms with van der Waals surface area (Å²) >= 11 is 0. The second-order valence-corrected chi connectivity index (χ2v) is 4.71. The maximum Gasteiger partial charge on any atom is 0.218 e. The Hall–Kier alpha value is -2.08.